The number of hydrogen-bond donors (Lipinski definition) is 3. The molecule has 1 heterocycles. The van der Waals surface area contributed by atoms with E-state index in [4.69, 9.17) is 0 Å². The number of aromatic nitrogens is 3. The van der Waals surface area contributed by atoms with Crippen molar-refractivity contribution in [1.29, 1.82) is 0 Å². The molecule has 34 heavy (non-hydrogen) atoms. The number of benzene rings is 2. The Labute approximate surface area is 201 Å². The fourth-order valence-electron chi connectivity index (χ4n) is 3.32. The molecule has 1 aromatic heterocycles. The highest BCUT2D eigenvalue weighted by molar-refractivity contribution is 7.99. The maximum Gasteiger partial charge on any atom is 0.270 e. The minimum atomic E-state index is -0.548. The van der Waals surface area contributed by atoms with Crippen LogP contribution < -0.4 is 10.6 Å². The van der Waals surface area contributed by atoms with E-state index in [-0.39, 0.29) is 28.8 Å². The number of thioether (sulfide) groups is 1. The Hall–Kier alpha value is -3.73. The van der Waals surface area contributed by atoms with Gasteiger partial charge in [0.2, 0.25) is 11.1 Å². The molecule has 2 amide bonds. The largest absolute Gasteiger partial charge is 0.342 e. The van der Waals surface area contributed by atoms with Crippen molar-refractivity contribution in [3.63, 3.8) is 0 Å². The van der Waals surface area contributed by atoms with Crippen LogP contribution in [0.5, 0.6) is 0 Å². The summed E-state index contributed by atoms with van der Waals surface area (Å²) in [6.07, 6.45) is 0. The van der Waals surface area contributed by atoms with Crippen LogP contribution in [0.2, 0.25) is 0 Å². The van der Waals surface area contributed by atoms with Gasteiger partial charge in [-0.3, -0.25) is 24.8 Å². The van der Waals surface area contributed by atoms with Crippen LogP contribution in [-0.4, -0.2) is 37.7 Å². The normalized spacial score (nSPS) is 11.8. The molecule has 3 rings (SSSR count). The van der Waals surface area contributed by atoms with Crippen molar-refractivity contribution in [2.45, 2.75) is 38.9 Å². The molecule has 0 aliphatic carbocycles. The van der Waals surface area contributed by atoms with Crippen LogP contribution in [0.25, 0.3) is 0 Å². The van der Waals surface area contributed by atoms with Gasteiger partial charge in [-0.05, 0) is 37.0 Å². The van der Waals surface area contributed by atoms with Gasteiger partial charge in [0, 0.05) is 23.4 Å². The molecule has 3 N–H and O–H groups in total. The van der Waals surface area contributed by atoms with Gasteiger partial charge in [0.05, 0.1) is 16.7 Å². The molecular formula is C23H26N6O4S. The zero-order chi connectivity index (χ0) is 24.8. The Kier molecular flexibility index (Phi) is 8.00. The smallest absolute Gasteiger partial charge is 0.270 e. The fourth-order valence-corrected chi connectivity index (χ4v) is 3.92. The highest BCUT2D eigenvalue weighted by Gasteiger charge is 2.24. The summed E-state index contributed by atoms with van der Waals surface area (Å²) in [7, 11) is 0. The summed E-state index contributed by atoms with van der Waals surface area (Å²) in [5, 5.41) is 24.1. The van der Waals surface area contributed by atoms with Gasteiger partial charge in [-0.1, -0.05) is 49.9 Å². The minimum absolute atomic E-state index is 0.0409. The van der Waals surface area contributed by atoms with Gasteiger partial charge in [0.25, 0.3) is 11.6 Å². The summed E-state index contributed by atoms with van der Waals surface area (Å²) >= 11 is 1.18. The molecule has 0 fully saturated rings. The van der Waals surface area contributed by atoms with E-state index in [1.807, 2.05) is 45.9 Å². The zero-order valence-corrected chi connectivity index (χ0v) is 20.1. The number of anilines is 1. The monoisotopic (exact) mass is 482 g/mol. The molecule has 3 aromatic rings. The van der Waals surface area contributed by atoms with E-state index in [1.54, 1.807) is 0 Å². The number of nitro benzene ring substituents is 1. The molecule has 178 valence electrons. The predicted octanol–water partition coefficient (Wildman–Crippen LogP) is 4.19. The molecule has 0 saturated carbocycles. The Morgan fingerprint density at radius 3 is 2.47 bits per heavy atom. The standard InChI is InChI=1S/C23H26N6O4S/c1-13(2)19(25-22(31)16-9-6-10-17(11-16)29(32)33)21-26-23(28-27-21)34-12-18(30)24-20-14(3)7-5-8-15(20)4/h5-11,13,19H,12H2,1-4H3,(H,24,30)(H,25,31)(H,26,27,28)/t19-/m1/s1. The first kappa shape index (κ1) is 24.9. The second-order valence-corrected chi connectivity index (χ2v) is 9.05. The number of non-ortho nitro benzene ring substituents is 1. The van der Waals surface area contributed by atoms with Gasteiger partial charge in [0.15, 0.2) is 0 Å². The van der Waals surface area contributed by atoms with Crippen molar-refractivity contribution in [2.75, 3.05) is 11.1 Å². The van der Waals surface area contributed by atoms with Crippen LogP contribution in [0.4, 0.5) is 11.4 Å². The summed E-state index contributed by atoms with van der Waals surface area (Å²) in [6, 6.07) is 10.8. The minimum Gasteiger partial charge on any atom is -0.342 e. The molecule has 0 saturated heterocycles. The first-order valence-electron chi connectivity index (χ1n) is 10.6. The molecule has 1 atom stereocenters. The SMILES string of the molecule is Cc1cccc(C)c1NC(=O)CSc1n[nH]c([C@H](NC(=O)c2cccc([N+](=O)[O-])c2)C(C)C)n1. The Morgan fingerprint density at radius 1 is 1.15 bits per heavy atom. The van der Waals surface area contributed by atoms with Crippen molar-refractivity contribution < 1.29 is 14.5 Å². The molecule has 10 nitrogen and oxygen atoms in total. The lowest BCUT2D eigenvalue weighted by molar-refractivity contribution is -0.384. The average Bonchev–Trinajstić information content (AvgIpc) is 3.27. The lowest BCUT2D eigenvalue weighted by Crippen LogP contribution is -2.32. The summed E-state index contributed by atoms with van der Waals surface area (Å²) in [6.45, 7) is 7.69. The lowest BCUT2D eigenvalue weighted by atomic mass is 10.0. The van der Waals surface area contributed by atoms with Crippen molar-refractivity contribution in [1.82, 2.24) is 20.5 Å². The molecule has 0 aliphatic heterocycles. The highest BCUT2D eigenvalue weighted by atomic mass is 32.2. The van der Waals surface area contributed by atoms with Gasteiger partial charge in [0.1, 0.15) is 5.82 Å². The summed E-state index contributed by atoms with van der Waals surface area (Å²) < 4.78 is 0. The maximum absolute atomic E-state index is 12.7. The third-order valence-electron chi connectivity index (χ3n) is 5.13. The van der Waals surface area contributed by atoms with E-state index in [0.717, 1.165) is 16.8 Å². The number of nitrogens with one attached hydrogen (secondary N) is 3. The van der Waals surface area contributed by atoms with Crippen LogP contribution in [0, 0.1) is 29.9 Å². The van der Waals surface area contributed by atoms with Gasteiger partial charge < -0.3 is 10.6 Å². The Morgan fingerprint density at radius 2 is 1.82 bits per heavy atom. The molecule has 0 bridgehead atoms. The number of amides is 2. The number of aryl methyl sites for hydroxylation is 2. The van der Waals surface area contributed by atoms with E-state index in [9.17, 15) is 19.7 Å². The number of hydrogen-bond acceptors (Lipinski definition) is 7. The molecule has 0 aliphatic rings. The van der Waals surface area contributed by atoms with Gasteiger partial charge in [-0.15, -0.1) is 5.10 Å². The van der Waals surface area contributed by atoms with E-state index in [1.165, 1.54) is 36.0 Å². The number of carbonyl (C=O) groups is 2. The third kappa shape index (κ3) is 6.19. The Bertz CT molecular complexity index is 1190. The summed E-state index contributed by atoms with van der Waals surface area (Å²) in [5.41, 5.74) is 2.78. The van der Waals surface area contributed by atoms with Crippen molar-refractivity contribution in [3.05, 3.63) is 75.1 Å². The average molecular weight is 483 g/mol. The predicted molar refractivity (Wildman–Crippen MR) is 130 cm³/mol. The molecule has 0 radical (unpaired) electrons. The lowest BCUT2D eigenvalue weighted by Gasteiger charge is -2.19. The van der Waals surface area contributed by atoms with Crippen molar-refractivity contribution in [2.24, 2.45) is 5.92 Å². The van der Waals surface area contributed by atoms with Gasteiger partial charge >= 0.3 is 0 Å². The number of nitrogens with zero attached hydrogens (tertiary/aromatic N) is 3. The number of carbonyl (C=O) groups excluding carboxylic acids is 2. The van der Waals surface area contributed by atoms with Gasteiger partial charge in [-0.2, -0.15) is 0 Å². The van der Waals surface area contributed by atoms with Crippen LogP contribution >= 0.6 is 11.8 Å². The van der Waals surface area contributed by atoms with E-state index in [0.29, 0.717) is 11.0 Å². The first-order chi connectivity index (χ1) is 16.2. The number of H-pyrrole nitrogens is 1. The maximum atomic E-state index is 12.7. The van der Waals surface area contributed by atoms with E-state index >= 15 is 0 Å². The third-order valence-corrected chi connectivity index (χ3v) is 5.97. The molecule has 0 spiro atoms. The van der Waals surface area contributed by atoms with Crippen molar-refractivity contribution in [3.8, 4) is 0 Å². The second kappa shape index (κ2) is 10.9. The van der Waals surface area contributed by atoms with Crippen LogP contribution in [-0.2, 0) is 4.79 Å². The number of rotatable bonds is 9. The number of aromatic amines is 1. The first-order valence-corrected chi connectivity index (χ1v) is 11.6. The van der Waals surface area contributed by atoms with E-state index in [2.05, 4.69) is 25.8 Å². The number of para-hydroxylation sites is 1. The zero-order valence-electron chi connectivity index (χ0n) is 19.3. The van der Waals surface area contributed by atoms with Gasteiger partial charge in [-0.25, -0.2) is 4.98 Å². The molecular weight excluding hydrogens is 456 g/mol. The second-order valence-electron chi connectivity index (χ2n) is 8.11. The Balaban J connectivity index is 1.64. The van der Waals surface area contributed by atoms with Crippen molar-refractivity contribution >= 4 is 35.0 Å². The fraction of sp³-hybridized carbons (Fsp3) is 0.304. The van der Waals surface area contributed by atoms with Crippen LogP contribution in [0.1, 0.15) is 47.2 Å². The van der Waals surface area contributed by atoms with Crippen LogP contribution in [0.3, 0.4) is 0 Å². The van der Waals surface area contributed by atoms with Crippen LogP contribution in [0.15, 0.2) is 47.6 Å². The molecule has 0 unspecified atom stereocenters. The highest BCUT2D eigenvalue weighted by Crippen LogP contribution is 2.24. The molecule has 11 heteroatoms. The summed E-state index contributed by atoms with van der Waals surface area (Å²) in [5.74, 6) is -0.112. The topological polar surface area (TPSA) is 143 Å². The quantitative estimate of drug-likeness (QED) is 0.236. The summed E-state index contributed by atoms with van der Waals surface area (Å²) in [4.78, 5) is 40.0. The molecule has 2 aromatic carbocycles. The van der Waals surface area contributed by atoms with E-state index < -0.39 is 16.9 Å². The number of nitro groups is 1.